The third-order valence-electron chi connectivity index (χ3n) is 7.97. The molecule has 0 amide bonds. The van der Waals surface area contributed by atoms with Crippen LogP contribution < -0.4 is 15.2 Å². The molecular weight excluding hydrogens is 601 g/mol. The third-order valence-corrected chi connectivity index (χ3v) is 8.97. The lowest BCUT2D eigenvalue weighted by Gasteiger charge is -2.22. The van der Waals surface area contributed by atoms with E-state index in [2.05, 4.69) is 27.7 Å². The Morgan fingerprint density at radius 2 is 1.37 bits per heavy atom. The number of ketones is 1. The van der Waals surface area contributed by atoms with E-state index in [4.69, 9.17) is 24.3 Å². The average Bonchev–Trinajstić information content (AvgIpc) is 3.02. The summed E-state index contributed by atoms with van der Waals surface area (Å²) in [6.07, 6.45) is 10.0. The fourth-order valence-corrected chi connectivity index (χ4v) is 6.14. The summed E-state index contributed by atoms with van der Waals surface area (Å²) < 4.78 is 35.1. The van der Waals surface area contributed by atoms with Gasteiger partial charge in [-0.3, -0.25) is 13.8 Å². The first kappa shape index (κ1) is 39.7. The maximum absolute atomic E-state index is 12.9. The van der Waals surface area contributed by atoms with E-state index in [0.717, 1.165) is 36.7 Å². The van der Waals surface area contributed by atoms with Gasteiger partial charge in [0.15, 0.2) is 11.9 Å². The van der Waals surface area contributed by atoms with Crippen molar-refractivity contribution in [1.29, 1.82) is 0 Å². The first-order valence-electron chi connectivity index (χ1n) is 16.9. The van der Waals surface area contributed by atoms with Gasteiger partial charge in [-0.15, -0.1) is 0 Å². The topological polar surface area (TPSA) is 117 Å². The number of ether oxygens (including phenoxy) is 2. The van der Waals surface area contributed by atoms with Crippen molar-refractivity contribution in [3.05, 3.63) is 72.3 Å². The molecule has 0 aliphatic rings. The summed E-state index contributed by atoms with van der Waals surface area (Å²) in [4.78, 5) is 23.4. The molecular formula is C37H58NO7P. The van der Waals surface area contributed by atoms with Crippen molar-refractivity contribution in [3.8, 4) is 11.5 Å². The zero-order valence-electron chi connectivity index (χ0n) is 28.6. The Hall–Kier alpha value is -2.48. The molecule has 0 aliphatic carbocycles. The van der Waals surface area contributed by atoms with E-state index in [1.807, 2.05) is 43.3 Å². The number of carbonyl (C=O) groups is 1. The van der Waals surface area contributed by atoms with E-state index in [1.54, 1.807) is 24.3 Å². The van der Waals surface area contributed by atoms with Crippen LogP contribution in [0.4, 0.5) is 0 Å². The number of benzene rings is 2. The van der Waals surface area contributed by atoms with Crippen LogP contribution in [0.2, 0.25) is 0 Å². The number of nitrogens with two attached hydrogens (primary N) is 1. The third kappa shape index (κ3) is 18.0. The van der Waals surface area contributed by atoms with Gasteiger partial charge in [0.25, 0.3) is 0 Å². The number of allylic oxidation sites excluding steroid dienone is 1. The number of para-hydroxylation sites is 2. The highest BCUT2D eigenvalue weighted by Gasteiger charge is 2.31. The molecule has 0 aromatic heterocycles. The molecule has 46 heavy (non-hydrogen) atoms. The molecule has 0 bridgehead atoms. The van der Waals surface area contributed by atoms with Gasteiger partial charge in [-0.1, -0.05) is 115 Å². The lowest BCUT2D eigenvalue weighted by Crippen LogP contribution is -2.32. The molecule has 0 saturated heterocycles. The zero-order chi connectivity index (χ0) is 33.8. The van der Waals surface area contributed by atoms with E-state index in [9.17, 15) is 14.3 Å². The molecule has 2 unspecified atom stereocenters. The minimum atomic E-state index is -4.65. The summed E-state index contributed by atoms with van der Waals surface area (Å²) in [6.45, 7) is 10.6. The number of hydrogen-bond acceptors (Lipinski definition) is 7. The molecule has 258 valence electrons. The largest absolute Gasteiger partial charge is 0.490 e. The Bertz CT molecular complexity index is 1170. The molecule has 2 aromatic rings. The Morgan fingerprint density at radius 1 is 0.826 bits per heavy atom. The van der Waals surface area contributed by atoms with E-state index >= 15 is 0 Å². The molecule has 0 aliphatic heterocycles. The van der Waals surface area contributed by atoms with Crippen LogP contribution >= 0.6 is 7.82 Å². The first-order chi connectivity index (χ1) is 22.0. The molecule has 0 fully saturated rings. The molecule has 8 nitrogen and oxygen atoms in total. The molecule has 0 spiro atoms. The van der Waals surface area contributed by atoms with Crippen LogP contribution in [0.15, 0.2) is 72.3 Å². The van der Waals surface area contributed by atoms with E-state index in [-0.39, 0.29) is 19.8 Å². The van der Waals surface area contributed by atoms with Gasteiger partial charge in [0.2, 0.25) is 0 Å². The van der Waals surface area contributed by atoms with Gasteiger partial charge < -0.3 is 20.1 Å². The predicted octanol–water partition coefficient (Wildman–Crippen LogP) is 8.93. The second-order valence-electron chi connectivity index (χ2n) is 13.0. The predicted molar refractivity (Wildman–Crippen MR) is 186 cm³/mol. The normalized spacial score (nSPS) is 16.0. The zero-order valence-corrected chi connectivity index (χ0v) is 29.5. The summed E-state index contributed by atoms with van der Waals surface area (Å²) in [5, 5.41) is 0. The minimum absolute atomic E-state index is 0.0519. The average molecular weight is 660 g/mol. The summed E-state index contributed by atoms with van der Waals surface area (Å²) in [6, 6.07) is 18.2. The Morgan fingerprint density at radius 3 is 1.93 bits per heavy atom. The molecule has 9 heteroatoms. The Balaban J connectivity index is 1.79. The lowest BCUT2D eigenvalue weighted by atomic mass is 9.91. The highest BCUT2D eigenvalue weighted by atomic mass is 31.2. The van der Waals surface area contributed by atoms with Gasteiger partial charge in [-0.25, -0.2) is 4.57 Å². The van der Waals surface area contributed by atoms with Crippen LogP contribution in [-0.4, -0.2) is 42.6 Å². The highest BCUT2D eigenvalue weighted by molar-refractivity contribution is 7.47. The van der Waals surface area contributed by atoms with Crippen molar-refractivity contribution >= 4 is 13.6 Å². The summed E-state index contributed by atoms with van der Waals surface area (Å²) in [7, 11) is -4.65. The summed E-state index contributed by atoms with van der Waals surface area (Å²) >= 11 is 0. The van der Waals surface area contributed by atoms with Crippen LogP contribution in [0, 0.1) is 17.8 Å². The number of hydrogen-bond donors (Lipinski definition) is 2. The SMILES string of the molecule is C/C(=C\C(=O)C(CN)OP(=O)(O)OC[C@@H](COc1ccccc1)Oc1ccccc1)CCC[C@H](C)CCC[C@H](C)CCCC(C)C. The van der Waals surface area contributed by atoms with Crippen LogP contribution in [0.5, 0.6) is 11.5 Å². The molecule has 3 N–H and O–H groups in total. The lowest BCUT2D eigenvalue weighted by molar-refractivity contribution is -0.121. The number of rotatable bonds is 25. The first-order valence-corrected chi connectivity index (χ1v) is 18.4. The Labute approximate surface area is 277 Å². The van der Waals surface area contributed by atoms with Crippen molar-refractivity contribution in [2.75, 3.05) is 19.8 Å². The molecule has 2 rings (SSSR count). The van der Waals surface area contributed by atoms with Gasteiger partial charge >= 0.3 is 7.82 Å². The van der Waals surface area contributed by atoms with Gasteiger partial charge in [0.1, 0.15) is 24.2 Å². The van der Waals surface area contributed by atoms with Crippen molar-refractivity contribution in [2.45, 2.75) is 105 Å². The molecule has 2 aromatic carbocycles. The van der Waals surface area contributed by atoms with E-state index in [1.165, 1.54) is 44.6 Å². The highest BCUT2D eigenvalue weighted by Crippen LogP contribution is 2.45. The number of phosphoric acid groups is 1. The van der Waals surface area contributed by atoms with Crippen LogP contribution in [0.3, 0.4) is 0 Å². The fourth-order valence-electron chi connectivity index (χ4n) is 5.21. The number of carbonyl (C=O) groups excluding carboxylic acids is 1. The standard InChI is InChI=1S/C37H58NO7P/c1-29(2)15-12-16-30(3)17-13-18-31(4)19-14-20-32(5)25-36(39)37(26-38)45-46(40,41)43-28-35(44-34-23-10-7-11-24-34)27-42-33-21-8-6-9-22-33/h6-11,21-25,29-31,35,37H,12-20,26-28,38H2,1-5H3,(H,40,41)/b32-25+/t30-,31-,35-,37?/m1/s1. The van der Waals surface area contributed by atoms with E-state index in [0.29, 0.717) is 17.4 Å². The van der Waals surface area contributed by atoms with Crippen molar-refractivity contribution in [1.82, 2.24) is 0 Å². The smallest absolute Gasteiger partial charge is 0.473 e. The Kier molecular flexibility index (Phi) is 19.1. The van der Waals surface area contributed by atoms with Gasteiger partial charge in [-0.2, -0.15) is 0 Å². The maximum Gasteiger partial charge on any atom is 0.473 e. The van der Waals surface area contributed by atoms with Gasteiger partial charge in [0, 0.05) is 6.54 Å². The van der Waals surface area contributed by atoms with E-state index < -0.39 is 25.8 Å². The molecule has 5 atom stereocenters. The van der Waals surface area contributed by atoms with Crippen molar-refractivity contribution in [3.63, 3.8) is 0 Å². The molecule has 0 heterocycles. The summed E-state index contributed by atoms with van der Waals surface area (Å²) in [5.41, 5.74) is 6.66. The summed E-state index contributed by atoms with van der Waals surface area (Å²) in [5.74, 6) is 2.93. The van der Waals surface area contributed by atoms with Crippen LogP contribution in [-0.2, 0) is 18.4 Å². The maximum atomic E-state index is 12.9. The second kappa shape index (κ2) is 22.2. The van der Waals surface area contributed by atoms with Gasteiger partial charge in [0.05, 0.1) is 6.61 Å². The quantitative estimate of drug-likeness (QED) is 0.0802. The molecule has 0 radical (unpaired) electrons. The van der Waals surface area contributed by atoms with Crippen molar-refractivity contribution in [2.24, 2.45) is 23.5 Å². The van der Waals surface area contributed by atoms with Crippen LogP contribution in [0.1, 0.15) is 92.4 Å². The fraction of sp³-hybridized carbons (Fsp3) is 0.595. The van der Waals surface area contributed by atoms with Crippen molar-refractivity contribution < 1.29 is 32.8 Å². The van der Waals surface area contributed by atoms with Crippen LogP contribution in [0.25, 0.3) is 0 Å². The minimum Gasteiger partial charge on any atom is -0.490 e. The van der Waals surface area contributed by atoms with Gasteiger partial charge in [-0.05, 0) is 67.9 Å². The monoisotopic (exact) mass is 659 g/mol. The number of phosphoric ester groups is 1. The second-order valence-corrected chi connectivity index (χ2v) is 14.4. The molecule has 0 saturated carbocycles.